The van der Waals surface area contributed by atoms with Crippen molar-refractivity contribution in [2.24, 2.45) is 0 Å². The lowest BCUT2D eigenvalue weighted by atomic mass is 9.92. The minimum atomic E-state index is 0.555. The molecule has 0 fully saturated rings. The highest BCUT2D eigenvalue weighted by molar-refractivity contribution is 5.54. The van der Waals surface area contributed by atoms with Crippen LogP contribution >= 0.6 is 0 Å². The molecule has 1 aliphatic rings. The predicted octanol–water partition coefficient (Wildman–Crippen LogP) is 4.88. The Morgan fingerprint density at radius 2 is 1.92 bits per heavy atom. The van der Waals surface area contributed by atoms with Crippen molar-refractivity contribution in [3.05, 3.63) is 72.1 Å². The van der Waals surface area contributed by atoms with E-state index in [1.165, 1.54) is 11.3 Å². The smallest absolute Gasteiger partial charge is 0.121 e. The third kappa shape index (κ3) is 3.91. The number of nitrogens with one attached hydrogen (secondary N) is 1. The second-order valence-corrected chi connectivity index (χ2v) is 6.11. The quantitative estimate of drug-likeness (QED) is 0.786. The van der Waals surface area contributed by atoms with Crippen molar-refractivity contribution in [1.29, 1.82) is 0 Å². The first-order valence-corrected chi connectivity index (χ1v) is 8.79. The van der Waals surface area contributed by atoms with Gasteiger partial charge in [-0.25, -0.2) is 0 Å². The Morgan fingerprint density at radius 3 is 2.67 bits per heavy atom. The van der Waals surface area contributed by atoms with Crippen LogP contribution in [0.3, 0.4) is 0 Å². The van der Waals surface area contributed by atoms with Crippen molar-refractivity contribution in [1.82, 2.24) is 5.32 Å². The normalized spacial score (nSPS) is 14.9. The summed E-state index contributed by atoms with van der Waals surface area (Å²) in [5.41, 5.74) is 3.88. The lowest BCUT2D eigenvalue weighted by molar-refractivity contribution is 0.340. The molecular weight excluding hydrogens is 296 g/mol. The van der Waals surface area contributed by atoms with Crippen LogP contribution in [0, 0.1) is 0 Å². The summed E-state index contributed by atoms with van der Waals surface area (Å²) in [5.74, 6) is 1.48. The van der Waals surface area contributed by atoms with Gasteiger partial charge in [-0.1, -0.05) is 43.3 Å². The Bertz CT molecular complexity index is 681. The summed E-state index contributed by atoms with van der Waals surface area (Å²) in [5, 5.41) is 3.54. The fourth-order valence-corrected chi connectivity index (χ4v) is 3.16. The summed E-state index contributed by atoms with van der Waals surface area (Å²) >= 11 is 0. The zero-order valence-electron chi connectivity index (χ0n) is 14.5. The zero-order chi connectivity index (χ0) is 16.8. The molecule has 0 saturated carbocycles. The summed E-state index contributed by atoms with van der Waals surface area (Å²) in [7, 11) is 0. The second kappa shape index (κ2) is 7.91. The average molecular weight is 322 g/mol. The van der Waals surface area contributed by atoms with E-state index >= 15 is 0 Å². The molecule has 1 aliphatic heterocycles. The van der Waals surface area contributed by atoms with E-state index in [4.69, 9.17) is 4.74 Å². The van der Waals surface area contributed by atoms with Gasteiger partial charge in [0.2, 0.25) is 0 Å². The highest BCUT2D eigenvalue weighted by atomic mass is 16.5. The van der Waals surface area contributed by atoms with E-state index in [2.05, 4.69) is 65.8 Å². The molecule has 0 aromatic heterocycles. The summed E-state index contributed by atoms with van der Waals surface area (Å²) < 4.78 is 5.60. The van der Waals surface area contributed by atoms with Gasteiger partial charge in [-0.3, -0.25) is 0 Å². The number of anilines is 1. The minimum Gasteiger partial charge on any atom is -0.494 e. The van der Waals surface area contributed by atoms with Crippen molar-refractivity contribution in [2.45, 2.75) is 32.6 Å². The fourth-order valence-electron chi connectivity index (χ4n) is 3.16. The number of hydrogen-bond donors (Lipinski definition) is 1. The molecule has 0 radical (unpaired) electrons. The summed E-state index contributed by atoms with van der Waals surface area (Å²) in [6.07, 6.45) is 4.42. The molecular formula is C21H26N2O. The molecule has 1 N–H and O–H groups in total. The van der Waals surface area contributed by atoms with Gasteiger partial charge in [0.05, 0.1) is 13.3 Å². The molecule has 0 bridgehead atoms. The van der Waals surface area contributed by atoms with Crippen LogP contribution in [0.2, 0.25) is 0 Å². The SMILES string of the molecule is CCOc1cccc(N2C=C(CC(CC)c3ccccc3)NC2)c1. The number of benzene rings is 2. The Morgan fingerprint density at radius 1 is 1.08 bits per heavy atom. The van der Waals surface area contributed by atoms with Crippen LogP contribution in [0.25, 0.3) is 0 Å². The van der Waals surface area contributed by atoms with Gasteiger partial charge >= 0.3 is 0 Å². The van der Waals surface area contributed by atoms with Gasteiger partial charge in [0.15, 0.2) is 0 Å². The first-order valence-electron chi connectivity index (χ1n) is 8.79. The molecule has 0 aliphatic carbocycles. The summed E-state index contributed by atoms with van der Waals surface area (Å²) in [4.78, 5) is 2.25. The van der Waals surface area contributed by atoms with Gasteiger partial charge in [0, 0.05) is 23.7 Å². The van der Waals surface area contributed by atoms with Crippen LogP contribution in [0.5, 0.6) is 5.75 Å². The second-order valence-electron chi connectivity index (χ2n) is 6.11. The van der Waals surface area contributed by atoms with Crippen LogP contribution < -0.4 is 15.0 Å². The third-order valence-electron chi connectivity index (χ3n) is 4.48. The van der Waals surface area contributed by atoms with Gasteiger partial charge in [0.1, 0.15) is 5.75 Å². The van der Waals surface area contributed by atoms with E-state index in [0.717, 1.165) is 30.9 Å². The Hall–Kier alpha value is -2.42. The predicted molar refractivity (Wildman–Crippen MR) is 100 cm³/mol. The standard InChI is InChI=1S/C21H26N2O/c1-3-17(18-9-6-5-7-10-18)13-19-15-23(16-22-19)20-11-8-12-21(14-20)24-4-2/h5-12,14-15,17,22H,3-4,13,16H2,1-2H3. The van der Waals surface area contributed by atoms with Crippen molar-refractivity contribution < 1.29 is 4.74 Å². The number of hydrogen-bond acceptors (Lipinski definition) is 3. The average Bonchev–Trinajstić information content (AvgIpc) is 3.10. The Labute approximate surface area is 145 Å². The third-order valence-corrected chi connectivity index (χ3v) is 4.48. The van der Waals surface area contributed by atoms with Crippen molar-refractivity contribution in [2.75, 3.05) is 18.2 Å². The fraction of sp³-hybridized carbons (Fsp3) is 0.333. The van der Waals surface area contributed by atoms with Gasteiger partial charge in [-0.05, 0) is 43.4 Å². The Balaban J connectivity index is 1.70. The monoisotopic (exact) mass is 322 g/mol. The molecule has 0 spiro atoms. The van der Waals surface area contributed by atoms with Crippen LogP contribution in [0.4, 0.5) is 5.69 Å². The van der Waals surface area contributed by atoms with E-state index in [1.54, 1.807) is 0 Å². The lowest BCUT2D eigenvalue weighted by Crippen LogP contribution is -2.21. The maximum atomic E-state index is 5.60. The first kappa shape index (κ1) is 16.4. The molecule has 126 valence electrons. The zero-order valence-corrected chi connectivity index (χ0v) is 14.5. The largest absolute Gasteiger partial charge is 0.494 e. The molecule has 3 rings (SSSR count). The maximum absolute atomic E-state index is 5.60. The molecule has 24 heavy (non-hydrogen) atoms. The molecule has 2 aromatic carbocycles. The topological polar surface area (TPSA) is 24.5 Å². The molecule has 1 heterocycles. The summed E-state index contributed by atoms with van der Waals surface area (Å²) in [6.45, 7) is 5.78. The van der Waals surface area contributed by atoms with E-state index in [1.807, 2.05) is 19.1 Å². The molecule has 1 unspecified atom stereocenters. The van der Waals surface area contributed by atoms with Gasteiger partial charge in [0.25, 0.3) is 0 Å². The van der Waals surface area contributed by atoms with Gasteiger partial charge in [-0.15, -0.1) is 0 Å². The van der Waals surface area contributed by atoms with E-state index < -0.39 is 0 Å². The number of nitrogens with zero attached hydrogens (tertiary/aromatic N) is 1. The van der Waals surface area contributed by atoms with Crippen molar-refractivity contribution in [3.8, 4) is 5.75 Å². The van der Waals surface area contributed by atoms with Gasteiger partial charge in [-0.2, -0.15) is 0 Å². The van der Waals surface area contributed by atoms with Crippen LogP contribution in [0.1, 0.15) is 38.2 Å². The molecule has 3 heteroatoms. The highest BCUT2D eigenvalue weighted by Gasteiger charge is 2.18. The van der Waals surface area contributed by atoms with E-state index in [9.17, 15) is 0 Å². The maximum Gasteiger partial charge on any atom is 0.121 e. The van der Waals surface area contributed by atoms with E-state index in [-0.39, 0.29) is 0 Å². The number of allylic oxidation sites excluding steroid dienone is 1. The summed E-state index contributed by atoms with van der Waals surface area (Å²) in [6, 6.07) is 19.1. The number of ether oxygens (including phenoxy) is 1. The lowest BCUT2D eigenvalue weighted by Gasteiger charge is -2.15. The van der Waals surface area contributed by atoms with Crippen LogP contribution in [-0.4, -0.2) is 13.3 Å². The van der Waals surface area contributed by atoms with E-state index in [0.29, 0.717) is 12.5 Å². The van der Waals surface area contributed by atoms with Crippen molar-refractivity contribution in [3.63, 3.8) is 0 Å². The van der Waals surface area contributed by atoms with Crippen molar-refractivity contribution >= 4 is 5.69 Å². The number of rotatable bonds is 7. The van der Waals surface area contributed by atoms with Crippen LogP contribution in [-0.2, 0) is 0 Å². The van der Waals surface area contributed by atoms with Gasteiger partial charge < -0.3 is 15.0 Å². The Kier molecular flexibility index (Phi) is 5.42. The molecule has 3 nitrogen and oxygen atoms in total. The van der Waals surface area contributed by atoms with Crippen LogP contribution in [0.15, 0.2) is 66.5 Å². The highest BCUT2D eigenvalue weighted by Crippen LogP contribution is 2.29. The molecule has 1 atom stereocenters. The first-order chi connectivity index (χ1) is 11.8. The molecule has 0 saturated heterocycles. The minimum absolute atomic E-state index is 0.555. The molecule has 2 aromatic rings. The molecule has 0 amide bonds.